The Kier molecular flexibility index (Phi) is 11.9. The van der Waals surface area contributed by atoms with Gasteiger partial charge in [-0.25, -0.2) is 9.00 Å². The fourth-order valence-corrected chi connectivity index (χ4v) is 6.01. The lowest BCUT2D eigenvalue weighted by Gasteiger charge is -2.23. The maximum atomic E-state index is 13.5. The summed E-state index contributed by atoms with van der Waals surface area (Å²) in [7, 11) is 0. The SMILES string of the molecule is CC(C)(C)OC(=O)CN(c1ccc2c(c1)oc(=O)n2CC(=O)O[C@@H](Cc1c(Cl)cncc1Cl)c1ccc(OC(F)F)c(OCC2CC2)c1)S(=O)O. The Morgan fingerprint density at radius 1 is 1.10 bits per heavy atom. The van der Waals surface area contributed by atoms with E-state index in [2.05, 4.69) is 9.72 Å². The van der Waals surface area contributed by atoms with Crippen molar-refractivity contribution < 1.29 is 50.5 Å². The molecule has 0 bridgehead atoms. The van der Waals surface area contributed by atoms with Crippen LogP contribution < -0.4 is 19.5 Å². The average Bonchev–Trinajstić information content (AvgIpc) is 3.82. The number of esters is 2. The molecule has 0 spiro atoms. The molecule has 2 aromatic carbocycles. The van der Waals surface area contributed by atoms with Crippen molar-refractivity contribution in [1.29, 1.82) is 0 Å². The summed E-state index contributed by atoms with van der Waals surface area (Å²) in [4.78, 5) is 42.7. The molecule has 51 heavy (non-hydrogen) atoms. The molecule has 0 amide bonds. The summed E-state index contributed by atoms with van der Waals surface area (Å²) < 4.78 is 77.0. The lowest BCUT2D eigenvalue weighted by atomic mass is 10.0. The Morgan fingerprint density at radius 3 is 2.43 bits per heavy atom. The highest BCUT2D eigenvalue weighted by molar-refractivity contribution is 7.80. The maximum absolute atomic E-state index is 13.5. The van der Waals surface area contributed by atoms with Crippen LogP contribution in [0.4, 0.5) is 14.5 Å². The Morgan fingerprint density at radius 2 is 1.80 bits per heavy atom. The summed E-state index contributed by atoms with van der Waals surface area (Å²) in [5, 5.41) is 0.368. The molecule has 1 fully saturated rings. The number of anilines is 1. The van der Waals surface area contributed by atoms with Gasteiger partial charge in [0, 0.05) is 24.9 Å². The smallest absolute Gasteiger partial charge is 0.420 e. The molecule has 1 aliphatic carbocycles. The van der Waals surface area contributed by atoms with Gasteiger partial charge in [-0.15, -0.1) is 0 Å². The molecular weight excluding hydrogens is 739 g/mol. The van der Waals surface area contributed by atoms with Gasteiger partial charge in [0.1, 0.15) is 24.8 Å². The number of benzene rings is 2. The minimum absolute atomic E-state index is 0.0186. The molecule has 1 aliphatic rings. The molecule has 0 radical (unpaired) electrons. The summed E-state index contributed by atoms with van der Waals surface area (Å²) in [5.74, 6) is -2.51. The van der Waals surface area contributed by atoms with Crippen LogP contribution in [0.3, 0.4) is 0 Å². The topological polar surface area (TPSA) is 160 Å². The van der Waals surface area contributed by atoms with E-state index >= 15 is 0 Å². The van der Waals surface area contributed by atoms with Crippen molar-refractivity contribution >= 4 is 63.2 Å². The zero-order valence-corrected chi connectivity index (χ0v) is 29.8. The molecule has 0 aliphatic heterocycles. The second-order valence-electron chi connectivity index (χ2n) is 12.6. The molecule has 18 heteroatoms. The first-order valence-corrected chi connectivity index (χ1v) is 17.3. The van der Waals surface area contributed by atoms with Crippen LogP contribution in [0.5, 0.6) is 11.5 Å². The summed E-state index contributed by atoms with van der Waals surface area (Å²) >= 11 is 10.1. The lowest BCUT2D eigenvalue weighted by molar-refractivity contribution is -0.153. The van der Waals surface area contributed by atoms with E-state index in [1.165, 1.54) is 48.8 Å². The number of pyridine rings is 1. The number of nitrogens with zero attached hydrogens (tertiary/aromatic N) is 3. The van der Waals surface area contributed by atoms with Gasteiger partial charge in [0.25, 0.3) is 11.3 Å². The molecule has 1 unspecified atom stereocenters. The van der Waals surface area contributed by atoms with Crippen molar-refractivity contribution in [2.45, 2.75) is 64.9 Å². The number of alkyl halides is 2. The van der Waals surface area contributed by atoms with Crippen LogP contribution in [-0.4, -0.2) is 55.6 Å². The van der Waals surface area contributed by atoms with E-state index in [4.69, 9.17) is 41.8 Å². The zero-order valence-electron chi connectivity index (χ0n) is 27.5. The van der Waals surface area contributed by atoms with Crippen LogP contribution in [0.2, 0.25) is 10.0 Å². The Labute approximate surface area is 302 Å². The van der Waals surface area contributed by atoms with Gasteiger partial charge in [-0.1, -0.05) is 29.3 Å². The molecule has 13 nitrogen and oxygen atoms in total. The predicted octanol–water partition coefficient (Wildman–Crippen LogP) is 6.50. The van der Waals surface area contributed by atoms with Gasteiger partial charge < -0.3 is 23.4 Å². The molecule has 2 aromatic heterocycles. The number of ether oxygens (including phenoxy) is 4. The van der Waals surface area contributed by atoms with Crippen molar-refractivity contribution in [3.8, 4) is 11.5 Å². The van der Waals surface area contributed by atoms with Crippen LogP contribution in [0.15, 0.2) is 58.0 Å². The van der Waals surface area contributed by atoms with Gasteiger partial charge in [0.15, 0.2) is 17.1 Å². The Bertz CT molecular complexity index is 1980. The van der Waals surface area contributed by atoms with Crippen molar-refractivity contribution in [3.63, 3.8) is 0 Å². The third-order valence-corrected chi connectivity index (χ3v) is 8.82. The highest BCUT2D eigenvalue weighted by atomic mass is 35.5. The van der Waals surface area contributed by atoms with Gasteiger partial charge in [-0.3, -0.25) is 28.0 Å². The summed E-state index contributed by atoms with van der Waals surface area (Å²) in [5.41, 5.74) is 0.0246. The van der Waals surface area contributed by atoms with Crippen molar-refractivity contribution in [2.75, 3.05) is 17.5 Å². The van der Waals surface area contributed by atoms with Crippen LogP contribution in [0.1, 0.15) is 50.8 Å². The summed E-state index contributed by atoms with van der Waals surface area (Å²) in [6, 6.07) is 8.13. The highest BCUT2D eigenvalue weighted by Gasteiger charge is 2.27. The first-order valence-electron chi connectivity index (χ1n) is 15.5. The fourth-order valence-electron chi connectivity index (χ4n) is 4.98. The quantitative estimate of drug-likeness (QED) is 0.104. The lowest BCUT2D eigenvalue weighted by Crippen LogP contribution is -2.35. The summed E-state index contributed by atoms with van der Waals surface area (Å²) in [6.45, 7) is 0.890. The van der Waals surface area contributed by atoms with E-state index in [9.17, 15) is 31.9 Å². The Balaban J connectivity index is 1.42. The third kappa shape index (κ3) is 10.2. The highest BCUT2D eigenvalue weighted by Crippen LogP contribution is 2.38. The molecule has 1 saturated carbocycles. The number of carbonyl (C=O) groups is 2. The average molecular weight is 773 g/mol. The number of hydrogen-bond donors (Lipinski definition) is 1. The monoisotopic (exact) mass is 771 g/mol. The number of rotatable bonds is 15. The standard InChI is InChI=1S/C33H33Cl2F2N3O10S/c1-33(2,3)50-30(42)16-40(51(44)45)20-7-8-24-27(11-20)49-32(43)39(24)15-29(41)47-26(12-21-22(34)13-38-14-23(21)35)19-6-9-25(48-31(36)37)28(10-19)46-17-18-4-5-18/h6-11,13-14,18,26,31H,4-5,12,15-17H2,1-3H3,(H,44,45)/t26-/m0/s1. The van der Waals surface area contributed by atoms with E-state index in [0.717, 1.165) is 21.7 Å². The third-order valence-electron chi connectivity index (χ3n) is 7.45. The second-order valence-corrected chi connectivity index (χ2v) is 14.3. The molecule has 274 valence electrons. The molecule has 2 heterocycles. The van der Waals surface area contributed by atoms with E-state index in [1.807, 2.05) is 0 Å². The van der Waals surface area contributed by atoms with Gasteiger partial charge >= 0.3 is 24.3 Å². The second kappa shape index (κ2) is 16.0. The zero-order chi connectivity index (χ0) is 37.0. The summed E-state index contributed by atoms with van der Waals surface area (Å²) in [6.07, 6.45) is 3.42. The minimum atomic E-state index is -3.11. The number of halogens is 4. The Hall–Kier alpha value is -4.25. The number of fused-ring (bicyclic) bond motifs is 1. The fraction of sp³-hybridized carbons (Fsp3) is 0.394. The molecule has 1 N–H and O–H groups in total. The van der Waals surface area contributed by atoms with Gasteiger partial charge in [0.2, 0.25) is 0 Å². The number of carbonyl (C=O) groups excluding carboxylic acids is 2. The van der Waals surface area contributed by atoms with Crippen LogP contribution in [-0.2, 0) is 43.3 Å². The van der Waals surface area contributed by atoms with E-state index in [-0.39, 0.29) is 57.3 Å². The molecule has 0 saturated heterocycles. The minimum Gasteiger partial charge on any atom is -0.489 e. The van der Waals surface area contributed by atoms with E-state index < -0.39 is 60.4 Å². The number of aromatic nitrogens is 2. The van der Waals surface area contributed by atoms with Crippen LogP contribution >= 0.6 is 23.2 Å². The first kappa shape index (κ1) is 38.0. The maximum Gasteiger partial charge on any atom is 0.420 e. The molecule has 5 rings (SSSR count). The van der Waals surface area contributed by atoms with E-state index in [1.54, 1.807) is 20.8 Å². The number of oxazole rings is 1. The van der Waals surface area contributed by atoms with Crippen LogP contribution in [0.25, 0.3) is 11.1 Å². The van der Waals surface area contributed by atoms with Crippen LogP contribution in [0, 0.1) is 5.92 Å². The van der Waals surface area contributed by atoms with Gasteiger partial charge in [-0.2, -0.15) is 8.78 Å². The molecule has 4 aromatic rings. The first-order chi connectivity index (χ1) is 24.1. The van der Waals surface area contributed by atoms with Crippen molar-refractivity contribution in [3.05, 3.63) is 80.5 Å². The van der Waals surface area contributed by atoms with Crippen molar-refractivity contribution in [1.82, 2.24) is 9.55 Å². The largest absolute Gasteiger partial charge is 0.489 e. The van der Waals surface area contributed by atoms with Gasteiger partial charge in [-0.05, 0) is 74.9 Å². The van der Waals surface area contributed by atoms with Gasteiger partial charge in [0.05, 0.1) is 27.9 Å². The predicted molar refractivity (Wildman–Crippen MR) is 183 cm³/mol. The number of hydrogen-bond acceptors (Lipinski definition) is 10. The molecular formula is C33H33Cl2F2N3O10S. The van der Waals surface area contributed by atoms with Crippen molar-refractivity contribution in [2.24, 2.45) is 5.92 Å². The molecule has 2 atom stereocenters. The van der Waals surface area contributed by atoms with E-state index in [0.29, 0.717) is 11.1 Å². The normalized spacial score (nSPS) is 14.3.